The van der Waals surface area contributed by atoms with Crippen LogP contribution in [0.5, 0.6) is 0 Å². The fourth-order valence-electron chi connectivity index (χ4n) is 4.61. The van der Waals surface area contributed by atoms with Gasteiger partial charge in [0.15, 0.2) is 0 Å². The van der Waals surface area contributed by atoms with Crippen molar-refractivity contribution in [1.82, 2.24) is 24.8 Å². The van der Waals surface area contributed by atoms with Crippen LogP contribution in [0.15, 0.2) is 79.0 Å². The number of likely N-dealkylation sites (N-methyl/N-ethyl adjacent to an activating group) is 1. The number of hydrogen-bond acceptors (Lipinski definition) is 9. The summed E-state index contributed by atoms with van der Waals surface area (Å²) in [6.45, 7) is 5.70. The van der Waals surface area contributed by atoms with Crippen molar-refractivity contribution < 1.29 is 0 Å². The Morgan fingerprint density at radius 1 is 0.725 bits per heavy atom. The fourth-order valence-corrected chi connectivity index (χ4v) is 4.78. The minimum atomic E-state index is 0.484. The molecule has 0 atom stereocenters. The number of benzene rings is 3. The lowest BCUT2D eigenvalue weighted by Crippen LogP contribution is -2.45. The number of halogens is 1. The molecule has 9 nitrogen and oxygen atoms in total. The molecule has 6 rings (SSSR count). The smallest absolute Gasteiger partial charge is 0.233 e. The van der Waals surface area contributed by atoms with Gasteiger partial charge in [-0.1, -0.05) is 29.8 Å². The van der Waals surface area contributed by atoms with Gasteiger partial charge in [-0.2, -0.15) is 15.0 Å². The lowest BCUT2D eigenvalue weighted by molar-refractivity contribution is 0.311. The summed E-state index contributed by atoms with van der Waals surface area (Å²) in [6.07, 6.45) is 1.78. The Morgan fingerprint density at radius 3 is 2.17 bits per heavy atom. The summed E-state index contributed by atoms with van der Waals surface area (Å²) < 4.78 is 0. The molecule has 1 fully saturated rings. The maximum atomic E-state index is 6.14. The summed E-state index contributed by atoms with van der Waals surface area (Å²) in [6, 6.07) is 23.8. The van der Waals surface area contributed by atoms with Crippen molar-refractivity contribution in [3.05, 3.63) is 89.6 Å². The molecule has 0 saturated carbocycles. The van der Waals surface area contributed by atoms with Crippen molar-refractivity contribution in [3.8, 4) is 0 Å². The summed E-state index contributed by atoms with van der Waals surface area (Å²) in [5, 5.41) is 11.9. The zero-order valence-corrected chi connectivity index (χ0v) is 23.2. The summed E-state index contributed by atoms with van der Waals surface area (Å²) in [7, 11) is 2.13. The van der Waals surface area contributed by atoms with Crippen molar-refractivity contribution in [2.75, 3.05) is 54.1 Å². The van der Waals surface area contributed by atoms with E-state index in [1.165, 1.54) is 0 Å². The molecule has 0 radical (unpaired) electrons. The molecule has 3 aromatic carbocycles. The number of anilines is 7. The van der Waals surface area contributed by atoms with Gasteiger partial charge in [-0.15, -0.1) is 0 Å². The van der Waals surface area contributed by atoms with E-state index >= 15 is 0 Å². The van der Waals surface area contributed by atoms with Gasteiger partial charge in [0.2, 0.25) is 17.8 Å². The first kappa shape index (κ1) is 25.8. The van der Waals surface area contributed by atoms with E-state index in [1.807, 2.05) is 66.7 Å². The van der Waals surface area contributed by atoms with Crippen LogP contribution in [0.3, 0.4) is 0 Å². The number of nitrogens with one attached hydrogen (secondary N) is 3. The molecule has 1 aliphatic rings. The number of aryl methyl sites for hydroxylation is 1. The average Bonchev–Trinajstić information content (AvgIpc) is 2.95. The number of fused-ring (bicyclic) bond motifs is 1. The number of pyridine rings is 1. The highest BCUT2D eigenvalue weighted by Crippen LogP contribution is 2.28. The highest BCUT2D eigenvalue weighted by molar-refractivity contribution is 6.31. The first-order chi connectivity index (χ1) is 19.5. The third-order valence-corrected chi connectivity index (χ3v) is 7.16. The van der Waals surface area contributed by atoms with Crippen LogP contribution in [-0.4, -0.2) is 58.1 Å². The topological polar surface area (TPSA) is 94.1 Å². The minimum Gasteiger partial charge on any atom is -0.355 e. The number of hydrogen-bond donors (Lipinski definition) is 3. The van der Waals surface area contributed by atoms with Crippen LogP contribution in [0, 0.1) is 6.92 Å². The van der Waals surface area contributed by atoms with E-state index in [0.717, 1.165) is 65.4 Å². The lowest BCUT2D eigenvalue weighted by atomic mass is 10.2. The Morgan fingerprint density at radius 2 is 1.43 bits per heavy atom. The number of rotatable bonds is 7. The van der Waals surface area contributed by atoms with Gasteiger partial charge in [-0.05, 0) is 74.1 Å². The molecule has 3 heterocycles. The molecule has 10 heteroatoms. The zero-order valence-electron chi connectivity index (χ0n) is 22.4. The van der Waals surface area contributed by atoms with E-state index in [1.54, 1.807) is 6.20 Å². The van der Waals surface area contributed by atoms with Crippen molar-refractivity contribution >= 4 is 63.1 Å². The summed E-state index contributed by atoms with van der Waals surface area (Å²) in [5.41, 5.74) is 5.70. The summed E-state index contributed by atoms with van der Waals surface area (Å²) >= 11 is 6.14. The minimum absolute atomic E-state index is 0.484. The molecule has 40 heavy (non-hydrogen) atoms. The van der Waals surface area contributed by atoms with Crippen LogP contribution in [0.1, 0.15) is 5.56 Å². The molecule has 3 N–H and O–H groups in total. The van der Waals surface area contributed by atoms with Crippen molar-refractivity contribution in [1.29, 1.82) is 0 Å². The molecule has 0 aliphatic carbocycles. The van der Waals surface area contributed by atoms with Gasteiger partial charge in [-0.3, -0.25) is 4.98 Å². The SMILES string of the molecule is Cc1ccccc1Nc1nc(Nc2ccc(Nc3ccnc4cc(Cl)ccc34)cc2)nc(N2CCN(C)CC2)n1. The van der Waals surface area contributed by atoms with E-state index in [4.69, 9.17) is 26.6 Å². The standard InChI is InChI=1S/C30H30ClN9/c1-20-5-3-4-6-25(20)35-29-36-28(37-30(38-29)40-17-15-39(2)16-18-40)34-23-10-8-22(9-11-23)33-26-13-14-32-27-19-21(31)7-12-24(26)27/h3-14,19H,15-18H2,1-2H3,(H,32,33)(H2,34,35,36,37,38). The van der Waals surface area contributed by atoms with E-state index in [9.17, 15) is 0 Å². The highest BCUT2D eigenvalue weighted by Gasteiger charge is 2.19. The molecular weight excluding hydrogens is 522 g/mol. The first-order valence-electron chi connectivity index (χ1n) is 13.2. The van der Waals surface area contributed by atoms with Crippen LogP contribution in [0.2, 0.25) is 5.02 Å². The van der Waals surface area contributed by atoms with Gasteiger partial charge in [0.1, 0.15) is 0 Å². The molecule has 202 valence electrons. The maximum Gasteiger partial charge on any atom is 0.233 e. The van der Waals surface area contributed by atoms with Gasteiger partial charge in [0, 0.05) is 65.5 Å². The second-order valence-corrected chi connectivity index (χ2v) is 10.3. The number of nitrogens with zero attached hydrogens (tertiary/aromatic N) is 6. The Hall–Kier alpha value is -4.47. The first-order valence-corrected chi connectivity index (χ1v) is 13.6. The average molecular weight is 552 g/mol. The van der Waals surface area contributed by atoms with Gasteiger partial charge in [0.05, 0.1) is 5.52 Å². The molecule has 5 aromatic rings. The lowest BCUT2D eigenvalue weighted by Gasteiger charge is -2.32. The van der Waals surface area contributed by atoms with Gasteiger partial charge in [-0.25, -0.2) is 0 Å². The van der Waals surface area contributed by atoms with Gasteiger partial charge >= 0.3 is 0 Å². The third-order valence-electron chi connectivity index (χ3n) is 6.93. The predicted octanol–water partition coefficient (Wildman–Crippen LogP) is 6.36. The van der Waals surface area contributed by atoms with Gasteiger partial charge < -0.3 is 25.8 Å². The predicted molar refractivity (Wildman–Crippen MR) is 164 cm³/mol. The van der Waals surface area contributed by atoms with Crippen LogP contribution in [0.4, 0.5) is 40.6 Å². The third kappa shape index (κ3) is 5.90. The van der Waals surface area contributed by atoms with E-state index < -0.39 is 0 Å². The number of para-hydroxylation sites is 1. The second-order valence-electron chi connectivity index (χ2n) is 9.86. The summed E-state index contributed by atoms with van der Waals surface area (Å²) in [5.74, 6) is 1.64. The molecule has 2 aromatic heterocycles. The van der Waals surface area contributed by atoms with E-state index in [2.05, 4.69) is 50.8 Å². The van der Waals surface area contributed by atoms with E-state index in [0.29, 0.717) is 22.9 Å². The normalized spacial score (nSPS) is 13.8. The number of aromatic nitrogens is 4. The Balaban J connectivity index is 1.23. The molecule has 0 spiro atoms. The summed E-state index contributed by atoms with van der Waals surface area (Å²) in [4.78, 5) is 23.2. The molecule has 1 aliphatic heterocycles. The van der Waals surface area contributed by atoms with Crippen LogP contribution >= 0.6 is 11.6 Å². The fraction of sp³-hybridized carbons (Fsp3) is 0.200. The second kappa shape index (κ2) is 11.3. The molecule has 0 unspecified atom stereocenters. The van der Waals surface area contributed by atoms with Crippen molar-refractivity contribution in [2.45, 2.75) is 6.92 Å². The quantitative estimate of drug-likeness (QED) is 0.213. The van der Waals surface area contributed by atoms with Crippen LogP contribution < -0.4 is 20.9 Å². The van der Waals surface area contributed by atoms with Crippen LogP contribution in [0.25, 0.3) is 10.9 Å². The Labute approximate surface area is 238 Å². The molecule has 1 saturated heterocycles. The Kier molecular flexibility index (Phi) is 7.31. The highest BCUT2D eigenvalue weighted by atomic mass is 35.5. The van der Waals surface area contributed by atoms with Crippen molar-refractivity contribution in [2.24, 2.45) is 0 Å². The molecule has 0 bridgehead atoms. The Bertz CT molecular complexity index is 1630. The molecular formula is C30H30ClN9. The maximum absolute atomic E-state index is 6.14. The number of piperazine rings is 1. The molecule has 0 amide bonds. The van der Waals surface area contributed by atoms with Crippen molar-refractivity contribution in [3.63, 3.8) is 0 Å². The largest absolute Gasteiger partial charge is 0.355 e. The zero-order chi connectivity index (χ0) is 27.5. The van der Waals surface area contributed by atoms with Gasteiger partial charge in [0.25, 0.3) is 0 Å². The monoisotopic (exact) mass is 551 g/mol. The van der Waals surface area contributed by atoms with Crippen LogP contribution in [-0.2, 0) is 0 Å². The van der Waals surface area contributed by atoms with E-state index in [-0.39, 0.29) is 0 Å².